The van der Waals surface area contributed by atoms with Gasteiger partial charge >= 0.3 is 0 Å². The van der Waals surface area contributed by atoms with Gasteiger partial charge < -0.3 is 11.5 Å². The van der Waals surface area contributed by atoms with E-state index in [-0.39, 0.29) is 18.4 Å². The molecule has 4 N–H and O–H groups in total. The minimum Gasteiger partial charge on any atom is -0.330 e. The fraction of sp³-hybridized carbons (Fsp3) is 0.400. The first kappa shape index (κ1) is 15.4. The molecule has 0 aliphatic heterocycles. The van der Waals surface area contributed by atoms with E-state index in [0.717, 1.165) is 27.4 Å². The van der Waals surface area contributed by atoms with E-state index in [0.29, 0.717) is 6.54 Å². The van der Waals surface area contributed by atoms with E-state index in [1.165, 1.54) is 0 Å². The Morgan fingerprint density at radius 2 is 1.93 bits per heavy atom. The summed E-state index contributed by atoms with van der Waals surface area (Å²) >= 11 is 6.92. The standard InChI is InChI=1S/C10H14Br2N2.ClH/c11-7-3-4-9(12)8(6-7)10(14)2-1-5-13;/h3-4,6,10H,1-2,5,13-14H2;1H/t10-;/m0./s1. The van der Waals surface area contributed by atoms with E-state index >= 15 is 0 Å². The highest BCUT2D eigenvalue weighted by atomic mass is 79.9. The molecule has 1 aromatic carbocycles. The van der Waals surface area contributed by atoms with Gasteiger partial charge in [-0.25, -0.2) is 0 Å². The van der Waals surface area contributed by atoms with E-state index in [1.807, 2.05) is 18.2 Å². The van der Waals surface area contributed by atoms with Gasteiger partial charge in [-0.15, -0.1) is 12.4 Å². The summed E-state index contributed by atoms with van der Waals surface area (Å²) in [5, 5.41) is 0. The fourth-order valence-electron chi connectivity index (χ4n) is 1.29. The molecule has 0 fully saturated rings. The van der Waals surface area contributed by atoms with Crippen LogP contribution in [-0.4, -0.2) is 6.54 Å². The predicted octanol–water partition coefficient (Wildman–Crippen LogP) is 3.37. The number of halogens is 3. The summed E-state index contributed by atoms with van der Waals surface area (Å²) in [7, 11) is 0. The summed E-state index contributed by atoms with van der Waals surface area (Å²) in [5.41, 5.74) is 12.6. The molecule has 0 spiro atoms. The summed E-state index contributed by atoms with van der Waals surface area (Å²) in [6.07, 6.45) is 1.88. The van der Waals surface area contributed by atoms with Gasteiger partial charge in [-0.3, -0.25) is 0 Å². The lowest BCUT2D eigenvalue weighted by molar-refractivity contribution is 0.616. The monoisotopic (exact) mass is 356 g/mol. The Labute approximate surface area is 113 Å². The van der Waals surface area contributed by atoms with Gasteiger partial charge in [-0.2, -0.15) is 0 Å². The van der Waals surface area contributed by atoms with E-state index in [1.54, 1.807) is 0 Å². The van der Waals surface area contributed by atoms with Crippen molar-refractivity contribution < 1.29 is 0 Å². The number of hydrogen-bond donors (Lipinski definition) is 2. The summed E-state index contributed by atoms with van der Waals surface area (Å²) in [6, 6.07) is 6.10. The first-order chi connectivity index (χ1) is 6.65. The molecular formula is C10H15Br2ClN2. The molecule has 1 atom stereocenters. The van der Waals surface area contributed by atoms with Gasteiger partial charge in [0.2, 0.25) is 0 Å². The highest BCUT2D eigenvalue weighted by Crippen LogP contribution is 2.27. The van der Waals surface area contributed by atoms with Crippen molar-refractivity contribution in [2.75, 3.05) is 6.54 Å². The van der Waals surface area contributed by atoms with Gasteiger partial charge in [0, 0.05) is 15.0 Å². The van der Waals surface area contributed by atoms with Gasteiger partial charge in [-0.05, 0) is 43.1 Å². The number of nitrogens with two attached hydrogens (primary N) is 2. The lowest BCUT2D eigenvalue weighted by Crippen LogP contribution is -2.13. The van der Waals surface area contributed by atoms with Crippen LogP contribution in [0.1, 0.15) is 24.4 Å². The average Bonchev–Trinajstić information content (AvgIpc) is 2.18. The molecular weight excluding hydrogens is 343 g/mol. The molecule has 2 nitrogen and oxygen atoms in total. The molecule has 1 rings (SSSR count). The van der Waals surface area contributed by atoms with Crippen LogP contribution in [-0.2, 0) is 0 Å². The van der Waals surface area contributed by atoms with Gasteiger partial charge in [-0.1, -0.05) is 31.9 Å². The maximum atomic E-state index is 6.04. The third-order valence-electron chi connectivity index (χ3n) is 2.08. The van der Waals surface area contributed by atoms with Gasteiger partial charge in [0.1, 0.15) is 0 Å². The molecule has 0 radical (unpaired) electrons. The third kappa shape index (κ3) is 4.83. The van der Waals surface area contributed by atoms with Gasteiger partial charge in [0.05, 0.1) is 0 Å². The molecule has 0 aromatic heterocycles. The molecule has 0 saturated carbocycles. The van der Waals surface area contributed by atoms with E-state index < -0.39 is 0 Å². The normalized spacial score (nSPS) is 12.0. The van der Waals surface area contributed by atoms with Crippen molar-refractivity contribution in [3.05, 3.63) is 32.7 Å². The van der Waals surface area contributed by atoms with Crippen LogP contribution < -0.4 is 11.5 Å². The second kappa shape index (κ2) is 7.63. The zero-order chi connectivity index (χ0) is 10.6. The highest BCUT2D eigenvalue weighted by Gasteiger charge is 2.09. The summed E-state index contributed by atoms with van der Waals surface area (Å²) in [5.74, 6) is 0. The van der Waals surface area contributed by atoms with Crippen molar-refractivity contribution in [3.8, 4) is 0 Å². The Morgan fingerprint density at radius 1 is 1.27 bits per heavy atom. The Morgan fingerprint density at radius 3 is 2.53 bits per heavy atom. The minimum atomic E-state index is 0. The molecule has 0 amide bonds. The first-order valence-electron chi connectivity index (χ1n) is 4.55. The summed E-state index contributed by atoms with van der Waals surface area (Å²) in [6.45, 7) is 0.694. The van der Waals surface area contributed by atoms with Crippen LogP contribution >= 0.6 is 44.3 Å². The maximum absolute atomic E-state index is 6.04. The minimum absolute atomic E-state index is 0. The average molecular weight is 359 g/mol. The SMILES string of the molecule is Cl.NCCC[C@H](N)c1cc(Br)ccc1Br. The Balaban J connectivity index is 0.00000196. The van der Waals surface area contributed by atoms with Crippen molar-refractivity contribution in [1.29, 1.82) is 0 Å². The van der Waals surface area contributed by atoms with Crippen LogP contribution in [0.4, 0.5) is 0 Å². The van der Waals surface area contributed by atoms with Crippen LogP contribution in [0.25, 0.3) is 0 Å². The molecule has 0 heterocycles. The second-order valence-corrected chi connectivity index (χ2v) is 4.97. The van der Waals surface area contributed by atoms with Crippen molar-refractivity contribution in [3.63, 3.8) is 0 Å². The van der Waals surface area contributed by atoms with Crippen LogP contribution in [0.3, 0.4) is 0 Å². The highest BCUT2D eigenvalue weighted by molar-refractivity contribution is 9.11. The molecule has 5 heteroatoms. The van der Waals surface area contributed by atoms with Crippen LogP contribution in [0.15, 0.2) is 27.1 Å². The molecule has 15 heavy (non-hydrogen) atoms. The number of benzene rings is 1. The van der Waals surface area contributed by atoms with Crippen molar-refractivity contribution in [2.45, 2.75) is 18.9 Å². The molecule has 86 valence electrons. The molecule has 0 unspecified atom stereocenters. The zero-order valence-electron chi connectivity index (χ0n) is 8.25. The molecule has 1 aromatic rings. The van der Waals surface area contributed by atoms with E-state index in [4.69, 9.17) is 11.5 Å². The molecule has 0 aliphatic rings. The lowest BCUT2D eigenvalue weighted by atomic mass is 10.0. The number of hydrogen-bond acceptors (Lipinski definition) is 2. The smallest absolute Gasteiger partial charge is 0.0306 e. The lowest BCUT2D eigenvalue weighted by Gasteiger charge is -2.13. The first-order valence-corrected chi connectivity index (χ1v) is 6.14. The Kier molecular flexibility index (Phi) is 7.83. The third-order valence-corrected chi connectivity index (χ3v) is 3.29. The van der Waals surface area contributed by atoms with E-state index in [9.17, 15) is 0 Å². The summed E-state index contributed by atoms with van der Waals surface area (Å²) < 4.78 is 2.11. The van der Waals surface area contributed by atoms with Gasteiger partial charge in [0.15, 0.2) is 0 Å². The van der Waals surface area contributed by atoms with Crippen molar-refractivity contribution in [2.24, 2.45) is 11.5 Å². The van der Waals surface area contributed by atoms with Crippen LogP contribution in [0.2, 0.25) is 0 Å². The Bertz CT molecular complexity index is 307. The number of rotatable bonds is 4. The summed E-state index contributed by atoms with van der Waals surface area (Å²) in [4.78, 5) is 0. The zero-order valence-corrected chi connectivity index (χ0v) is 12.2. The van der Waals surface area contributed by atoms with Gasteiger partial charge in [0.25, 0.3) is 0 Å². The molecule has 0 bridgehead atoms. The largest absolute Gasteiger partial charge is 0.330 e. The van der Waals surface area contributed by atoms with Crippen molar-refractivity contribution in [1.82, 2.24) is 0 Å². The Hall–Kier alpha value is 0.390. The second-order valence-electron chi connectivity index (χ2n) is 3.20. The predicted molar refractivity (Wildman–Crippen MR) is 74.3 cm³/mol. The van der Waals surface area contributed by atoms with E-state index in [2.05, 4.69) is 31.9 Å². The quantitative estimate of drug-likeness (QED) is 0.867. The topological polar surface area (TPSA) is 52.0 Å². The maximum Gasteiger partial charge on any atom is 0.0306 e. The fourth-order valence-corrected chi connectivity index (χ4v) is 2.21. The van der Waals surface area contributed by atoms with Crippen LogP contribution in [0.5, 0.6) is 0 Å². The van der Waals surface area contributed by atoms with Crippen LogP contribution in [0, 0.1) is 0 Å². The molecule has 0 saturated heterocycles. The molecule has 0 aliphatic carbocycles. The van der Waals surface area contributed by atoms with Crippen molar-refractivity contribution >= 4 is 44.3 Å².